The molecule has 0 bridgehead atoms. The maximum Gasteiger partial charge on any atom is 0.419 e. The molecule has 0 radical (unpaired) electrons. The Hall–Kier alpha value is -2.82. The second-order valence-electron chi connectivity index (χ2n) is 5.69. The highest BCUT2D eigenvalue weighted by Crippen LogP contribution is 2.36. The van der Waals surface area contributed by atoms with E-state index in [1.54, 1.807) is 6.92 Å². The van der Waals surface area contributed by atoms with E-state index in [0.29, 0.717) is 11.6 Å². The van der Waals surface area contributed by atoms with Crippen LogP contribution in [0.4, 0.5) is 28.9 Å². The number of anilines is 2. The average Bonchev–Trinajstić information content (AvgIpc) is 2.61. The number of methoxy groups -OCH3 is 1. The van der Waals surface area contributed by atoms with E-state index in [-0.39, 0.29) is 22.9 Å². The van der Waals surface area contributed by atoms with Crippen molar-refractivity contribution < 1.29 is 35.5 Å². The Bertz CT molecular complexity index is 1020. The minimum Gasteiger partial charge on any atom is -0.465 e. The summed E-state index contributed by atoms with van der Waals surface area (Å²) >= 11 is 0. The molecule has 28 heavy (non-hydrogen) atoms. The largest absolute Gasteiger partial charge is 0.465 e. The number of carbonyl (C=O) groups excluding carboxylic acids is 1. The number of rotatable bonds is 5. The third-order valence-corrected chi connectivity index (χ3v) is 5.30. The topological polar surface area (TPSA) is 98.5 Å². The molecule has 6 nitrogen and oxygen atoms in total. The molecule has 0 amide bonds. The van der Waals surface area contributed by atoms with Crippen LogP contribution in [-0.4, -0.2) is 21.5 Å². The van der Waals surface area contributed by atoms with Crippen LogP contribution in [0, 0.1) is 5.82 Å². The highest BCUT2D eigenvalue weighted by molar-refractivity contribution is 7.92. The van der Waals surface area contributed by atoms with E-state index in [4.69, 9.17) is 5.73 Å². The first kappa shape index (κ1) is 21.5. The highest BCUT2D eigenvalue weighted by Gasteiger charge is 2.35. The molecule has 2 aromatic carbocycles. The molecule has 2 rings (SSSR count). The summed E-state index contributed by atoms with van der Waals surface area (Å²) in [5.74, 6) is -2.42. The number of hydrogen-bond donors (Lipinski definition) is 2. The Morgan fingerprint density at radius 2 is 1.86 bits per heavy atom. The summed E-state index contributed by atoms with van der Waals surface area (Å²) in [6.45, 7) is 1.65. The van der Waals surface area contributed by atoms with Crippen LogP contribution in [-0.2, 0) is 27.4 Å². The number of benzene rings is 2. The Kier molecular flexibility index (Phi) is 5.88. The van der Waals surface area contributed by atoms with Gasteiger partial charge in [-0.2, -0.15) is 13.2 Å². The van der Waals surface area contributed by atoms with E-state index < -0.39 is 44.9 Å². The van der Waals surface area contributed by atoms with Crippen LogP contribution in [0.3, 0.4) is 0 Å². The normalized spacial score (nSPS) is 11.9. The third kappa shape index (κ3) is 4.35. The van der Waals surface area contributed by atoms with Gasteiger partial charge in [-0.3, -0.25) is 4.72 Å². The molecule has 0 aliphatic heterocycles. The molecule has 3 N–H and O–H groups in total. The number of halogens is 4. The zero-order valence-electron chi connectivity index (χ0n) is 14.7. The maximum absolute atomic E-state index is 13.6. The van der Waals surface area contributed by atoms with Crippen molar-refractivity contribution in [3.8, 4) is 0 Å². The highest BCUT2D eigenvalue weighted by atomic mass is 32.2. The summed E-state index contributed by atoms with van der Waals surface area (Å²) in [6, 6.07) is 4.44. The van der Waals surface area contributed by atoms with Crippen LogP contribution in [0.25, 0.3) is 0 Å². The number of nitrogen functional groups attached to an aromatic ring is 1. The van der Waals surface area contributed by atoms with Crippen LogP contribution in [0.1, 0.15) is 28.4 Å². The lowest BCUT2D eigenvalue weighted by atomic mass is 10.1. The number of carbonyl (C=O) groups is 1. The van der Waals surface area contributed by atoms with E-state index in [1.807, 2.05) is 4.72 Å². The van der Waals surface area contributed by atoms with Crippen molar-refractivity contribution in [3.63, 3.8) is 0 Å². The molecule has 152 valence electrons. The molecular weight excluding hydrogens is 404 g/mol. The lowest BCUT2D eigenvalue weighted by Crippen LogP contribution is -2.18. The lowest BCUT2D eigenvalue weighted by molar-refractivity contribution is -0.139. The number of alkyl halides is 3. The molecule has 0 saturated carbocycles. The summed E-state index contributed by atoms with van der Waals surface area (Å²) in [7, 11) is -3.33. The Labute approximate surface area is 158 Å². The van der Waals surface area contributed by atoms with Crippen LogP contribution < -0.4 is 10.5 Å². The zero-order chi connectivity index (χ0) is 21.3. The van der Waals surface area contributed by atoms with Gasteiger partial charge < -0.3 is 10.5 Å². The van der Waals surface area contributed by atoms with Gasteiger partial charge in [-0.15, -0.1) is 0 Å². The monoisotopic (exact) mass is 420 g/mol. The molecule has 0 aromatic heterocycles. The molecule has 0 saturated heterocycles. The smallest absolute Gasteiger partial charge is 0.419 e. The number of esters is 1. The molecule has 2 aromatic rings. The Morgan fingerprint density at radius 3 is 2.39 bits per heavy atom. The summed E-state index contributed by atoms with van der Waals surface area (Å²) in [4.78, 5) is 11.3. The predicted octanol–water partition coefficient (Wildman–Crippen LogP) is 3.58. The number of sulfonamides is 1. The SMILES string of the molecule is CCc1ccc(C(=O)OC)cc1S(=O)(=O)Nc1cc(C(F)(F)F)c(F)cc1N. The van der Waals surface area contributed by atoms with Crippen LogP contribution in [0.15, 0.2) is 35.2 Å². The quantitative estimate of drug-likeness (QED) is 0.438. The van der Waals surface area contributed by atoms with E-state index in [9.17, 15) is 30.8 Å². The first-order chi connectivity index (χ1) is 12.9. The van der Waals surface area contributed by atoms with E-state index >= 15 is 0 Å². The van der Waals surface area contributed by atoms with Gasteiger partial charge in [0.25, 0.3) is 10.0 Å². The average molecular weight is 420 g/mol. The molecule has 0 heterocycles. The Morgan fingerprint density at radius 1 is 1.21 bits per heavy atom. The summed E-state index contributed by atoms with van der Waals surface area (Å²) in [6.07, 6.45) is -4.79. The number of aryl methyl sites for hydroxylation is 1. The molecule has 11 heteroatoms. The van der Waals surface area contributed by atoms with Gasteiger partial charge in [0.1, 0.15) is 5.82 Å². The second-order valence-corrected chi connectivity index (χ2v) is 7.34. The van der Waals surface area contributed by atoms with Crippen molar-refractivity contribution in [2.45, 2.75) is 24.4 Å². The Balaban J connectivity index is 2.57. The van der Waals surface area contributed by atoms with Gasteiger partial charge in [0.2, 0.25) is 0 Å². The van der Waals surface area contributed by atoms with Crippen LogP contribution in [0.2, 0.25) is 0 Å². The molecule has 0 aliphatic rings. The first-order valence-electron chi connectivity index (χ1n) is 7.81. The molecule has 0 atom stereocenters. The van der Waals surface area contributed by atoms with Gasteiger partial charge in [-0.1, -0.05) is 13.0 Å². The molecule has 0 unspecified atom stereocenters. The van der Waals surface area contributed by atoms with Crippen molar-refractivity contribution >= 4 is 27.4 Å². The fourth-order valence-electron chi connectivity index (χ4n) is 2.44. The number of nitrogens with one attached hydrogen (secondary N) is 1. The van der Waals surface area contributed by atoms with Crippen molar-refractivity contribution in [2.24, 2.45) is 0 Å². The van der Waals surface area contributed by atoms with Crippen LogP contribution in [0.5, 0.6) is 0 Å². The van der Waals surface area contributed by atoms with Gasteiger partial charge in [-0.25, -0.2) is 17.6 Å². The fraction of sp³-hybridized carbons (Fsp3) is 0.235. The number of nitrogens with two attached hydrogens (primary N) is 1. The fourth-order valence-corrected chi connectivity index (χ4v) is 3.85. The first-order valence-corrected chi connectivity index (χ1v) is 9.29. The van der Waals surface area contributed by atoms with Crippen molar-refractivity contribution in [2.75, 3.05) is 17.6 Å². The number of ether oxygens (including phenoxy) is 1. The van der Waals surface area contributed by atoms with Gasteiger partial charge in [0, 0.05) is 0 Å². The summed E-state index contributed by atoms with van der Waals surface area (Å²) < 4.78 is 84.2. The van der Waals surface area contributed by atoms with Crippen LogP contribution >= 0.6 is 0 Å². The molecule has 0 spiro atoms. The van der Waals surface area contributed by atoms with Crippen molar-refractivity contribution in [1.29, 1.82) is 0 Å². The third-order valence-electron chi connectivity index (χ3n) is 3.85. The van der Waals surface area contributed by atoms with E-state index in [2.05, 4.69) is 4.74 Å². The maximum atomic E-state index is 13.6. The van der Waals surface area contributed by atoms with Gasteiger partial charge in [0.05, 0.1) is 34.5 Å². The lowest BCUT2D eigenvalue weighted by Gasteiger charge is -2.16. The van der Waals surface area contributed by atoms with E-state index in [1.165, 1.54) is 12.1 Å². The molecule has 0 fully saturated rings. The van der Waals surface area contributed by atoms with Gasteiger partial charge in [0.15, 0.2) is 0 Å². The minimum atomic E-state index is -5.04. The summed E-state index contributed by atoms with van der Waals surface area (Å²) in [5, 5.41) is 0. The summed E-state index contributed by atoms with van der Waals surface area (Å²) in [5.41, 5.74) is 2.88. The number of hydrogen-bond acceptors (Lipinski definition) is 5. The molecule has 0 aliphatic carbocycles. The van der Waals surface area contributed by atoms with Gasteiger partial charge in [-0.05, 0) is 36.2 Å². The predicted molar refractivity (Wildman–Crippen MR) is 93.8 cm³/mol. The van der Waals surface area contributed by atoms with Crippen molar-refractivity contribution in [3.05, 3.63) is 52.8 Å². The minimum absolute atomic E-state index is 0.0665. The van der Waals surface area contributed by atoms with E-state index in [0.717, 1.165) is 13.2 Å². The zero-order valence-corrected chi connectivity index (χ0v) is 15.5. The molecular formula is C17H16F4N2O4S. The second kappa shape index (κ2) is 7.66. The van der Waals surface area contributed by atoms with Crippen molar-refractivity contribution in [1.82, 2.24) is 0 Å². The van der Waals surface area contributed by atoms with Gasteiger partial charge >= 0.3 is 12.1 Å². The standard InChI is InChI=1S/C17H16F4N2O4S/c1-3-9-4-5-10(16(24)27-2)6-15(9)28(25,26)23-14-7-11(17(19,20)21)12(18)8-13(14)22/h4-8,23H,3,22H2,1-2H3.